The Hall–Kier alpha value is -1.38. The minimum absolute atomic E-state index is 0.833. The second kappa shape index (κ2) is 7.28. The first-order valence-corrected chi connectivity index (χ1v) is 4.20. The third kappa shape index (κ3) is 7.00. The molecule has 0 aromatic rings. The molecule has 1 aliphatic carbocycles. The number of allylic oxidation sites excluding steroid dienone is 2. The highest BCUT2D eigenvalue weighted by Gasteiger charge is 1.99. The van der Waals surface area contributed by atoms with Gasteiger partial charge in [0.2, 0.25) is 0 Å². The highest BCUT2D eigenvalue weighted by atomic mass is 16.4. The van der Waals surface area contributed by atoms with Crippen LogP contribution < -0.4 is 0 Å². The van der Waals surface area contributed by atoms with Crippen LogP contribution >= 0.6 is 0 Å². The highest BCUT2D eigenvalue weighted by Crippen LogP contribution is 2.14. The molecule has 0 unspecified atom stereocenters. The van der Waals surface area contributed by atoms with Crippen LogP contribution in [0.1, 0.15) is 25.7 Å². The Morgan fingerprint density at radius 1 is 1.54 bits per heavy atom. The normalized spacial score (nSPS) is 14.6. The number of carbonyl (C=O) groups excluding carboxylic acids is 1. The molecule has 13 heavy (non-hydrogen) atoms. The van der Waals surface area contributed by atoms with Gasteiger partial charge in [-0.05, 0) is 31.3 Å². The van der Waals surface area contributed by atoms with Gasteiger partial charge in [0, 0.05) is 6.08 Å². The van der Waals surface area contributed by atoms with Gasteiger partial charge in [-0.3, -0.25) is 4.79 Å². The molecular weight excluding hydrogens is 168 g/mol. The van der Waals surface area contributed by atoms with Crippen LogP contribution in [0.2, 0.25) is 0 Å². The summed E-state index contributed by atoms with van der Waals surface area (Å²) in [6.45, 7) is 2.96. The van der Waals surface area contributed by atoms with Crippen LogP contribution in [0.4, 0.5) is 0 Å². The van der Waals surface area contributed by atoms with Crippen molar-refractivity contribution in [3.8, 4) is 0 Å². The van der Waals surface area contributed by atoms with E-state index in [2.05, 4.69) is 6.58 Å². The van der Waals surface area contributed by atoms with Crippen molar-refractivity contribution in [2.75, 3.05) is 0 Å². The van der Waals surface area contributed by atoms with E-state index in [1.165, 1.54) is 12.8 Å². The summed E-state index contributed by atoms with van der Waals surface area (Å²) in [6.07, 6.45) is 8.41. The Morgan fingerprint density at radius 3 is 2.38 bits per heavy atom. The Labute approximate surface area is 77.8 Å². The fourth-order valence-corrected chi connectivity index (χ4v) is 0.970. The van der Waals surface area contributed by atoms with Gasteiger partial charge in [0.1, 0.15) is 6.29 Å². The van der Waals surface area contributed by atoms with Gasteiger partial charge in [-0.1, -0.05) is 12.7 Å². The highest BCUT2D eigenvalue weighted by molar-refractivity contribution is 5.78. The Balaban J connectivity index is 0.000000252. The van der Waals surface area contributed by atoms with E-state index in [1.807, 2.05) is 6.08 Å². The van der Waals surface area contributed by atoms with E-state index in [0.29, 0.717) is 0 Å². The maximum Gasteiger partial charge on any atom is 0.327 e. The molecule has 1 rings (SSSR count). The van der Waals surface area contributed by atoms with E-state index in [9.17, 15) is 9.59 Å². The summed E-state index contributed by atoms with van der Waals surface area (Å²) < 4.78 is 0. The predicted molar refractivity (Wildman–Crippen MR) is 50.4 cm³/mol. The van der Waals surface area contributed by atoms with Crippen LogP contribution in [0, 0.1) is 0 Å². The van der Waals surface area contributed by atoms with Gasteiger partial charge in [-0.15, -0.1) is 0 Å². The molecule has 0 bridgehead atoms. The van der Waals surface area contributed by atoms with Crippen molar-refractivity contribution in [2.45, 2.75) is 25.7 Å². The zero-order valence-electron chi connectivity index (χ0n) is 7.53. The van der Waals surface area contributed by atoms with Gasteiger partial charge < -0.3 is 5.11 Å². The molecule has 0 heterocycles. The van der Waals surface area contributed by atoms with Crippen LogP contribution in [0.5, 0.6) is 0 Å². The Morgan fingerprint density at radius 2 is 2.15 bits per heavy atom. The first kappa shape index (κ1) is 11.6. The fourth-order valence-electron chi connectivity index (χ4n) is 0.970. The molecule has 0 aromatic heterocycles. The van der Waals surface area contributed by atoms with E-state index >= 15 is 0 Å². The topological polar surface area (TPSA) is 54.4 Å². The zero-order valence-corrected chi connectivity index (χ0v) is 7.53. The van der Waals surface area contributed by atoms with Crippen molar-refractivity contribution in [1.82, 2.24) is 0 Å². The number of aldehydes is 1. The average molecular weight is 182 g/mol. The molecule has 1 N–H and O–H groups in total. The van der Waals surface area contributed by atoms with Crippen molar-refractivity contribution in [3.63, 3.8) is 0 Å². The first-order chi connectivity index (χ1) is 6.20. The molecule has 0 aliphatic heterocycles. The van der Waals surface area contributed by atoms with Gasteiger partial charge in [-0.25, -0.2) is 4.79 Å². The lowest BCUT2D eigenvalue weighted by molar-refractivity contribution is -0.131. The summed E-state index contributed by atoms with van der Waals surface area (Å²) in [7, 11) is 0. The predicted octanol–water partition coefficient (Wildman–Crippen LogP) is 1.94. The molecule has 0 saturated heterocycles. The van der Waals surface area contributed by atoms with Crippen molar-refractivity contribution < 1.29 is 14.7 Å². The van der Waals surface area contributed by atoms with Gasteiger partial charge in [0.25, 0.3) is 0 Å². The molecule has 0 saturated carbocycles. The molecule has 0 fully saturated rings. The monoisotopic (exact) mass is 182 g/mol. The number of rotatable bonds is 2. The third-order valence-electron chi connectivity index (χ3n) is 1.65. The summed E-state index contributed by atoms with van der Waals surface area (Å²) in [4.78, 5) is 19.3. The maximum absolute atomic E-state index is 10.1. The summed E-state index contributed by atoms with van der Waals surface area (Å²) in [5, 5.41) is 7.60. The number of carboxylic acids is 1. The fraction of sp³-hybridized carbons (Fsp3) is 0.400. The van der Waals surface area contributed by atoms with Crippen LogP contribution in [-0.2, 0) is 9.59 Å². The first-order valence-electron chi connectivity index (χ1n) is 4.20. The van der Waals surface area contributed by atoms with E-state index in [0.717, 1.165) is 30.8 Å². The van der Waals surface area contributed by atoms with Crippen LogP contribution in [0.3, 0.4) is 0 Å². The van der Waals surface area contributed by atoms with E-state index in [-0.39, 0.29) is 0 Å². The Kier molecular flexibility index (Phi) is 6.51. The largest absolute Gasteiger partial charge is 0.478 e. The quantitative estimate of drug-likeness (QED) is 0.524. The third-order valence-corrected chi connectivity index (χ3v) is 1.65. The van der Waals surface area contributed by atoms with Gasteiger partial charge in [0.05, 0.1) is 0 Å². The lowest BCUT2D eigenvalue weighted by Gasteiger charge is -2.04. The smallest absolute Gasteiger partial charge is 0.327 e. The molecule has 0 atom stereocenters. The van der Waals surface area contributed by atoms with Crippen molar-refractivity contribution in [1.29, 1.82) is 0 Å². The molecule has 3 heteroatoms. The van der Waals surface area contributed by atoms with Crippen molar-refractivity contribution in [2.24, 2.45) is 0 Å². The van der Waals surface area contributed by atoms with Crippen molar-refractivity contribution in [3.05, 3.63) is 24.3 Å². The molecule has 1 aliphatic rings. The lowest BCUT2D eigenvalue weighted by atomic mass is 10.0. The SMILES string of the molecule is C=CC(=O)O.O=CC1=CCCCC1. The molecule has 0 radical (unpaired) electrons. The van der Waals surface area contributed by atoms with Crippen LogP contribution in [0.25, 0.3) is 0 Å². The van der Waals surface area contributed by atoms with Gasteiger partial charge in [-0.2, -0.15) is 0 Å². The standard InChI is InChI=1S/C7H10O.C3H4O2/c8-6-7-4-2-1-3-5-7;1-2-3(4)5/h4,6H,1-3,5H2;2H,1H2,(H,4,5). The van der Waals surface area contributed by atoms with Crippen LogP contribution in [-0.4, -0.2) is 17.4 Å². The maximum atomic E-state index is 10.1. The number of carboxylic acid groups (broad SMARTS) is 1. The van der Waals surface area contributed by atoms with E-state index in [1.54, 1.807) is 0 Å². The molecule has 72 valence electrons. The minimum Gasteiger partial charge on any atom is -0.478 e. The molecule has 0 spiro atoms. The van der Waals surface area contributed by atoms with Gasteiger partial charge >= 0.3 is 5.97 Å². The van der Waals surface area contributed by atoms with Crippen molar-refractivity contribution >= 4 is 12.3 Å². The van der Waals surface area contributed by atoms with Crippen LogP contribution in [0.15, 0.2) is 24.3 Å². The molecule has 0 amide bonds. The summed E-state index contributed by atoms with van der Waals surface area (Å²) in [5.74, 6) is -0.981. The second-order valence-electron chi connectivity index (χ2n) is 2.69. The number of carbonyl (C=O) groups is 2. The number of hydrogen-bond acceptors (Lipinski definition) is 2. The summed E-state index contributed by atoms with van der Waals surface area (Å²) in [5.41, 5.74) is 0.997. The molecule has 0 aromatic carbocycles. The average Bonchev–Trinajstić information content (AvgIpc) is 2.20. The summed E-state index contributed by atoms with van der Waals surface area (Å²) >= 11 is 0. The minimum atomic E-state index is -0.981. The zero-order chi connectivity index (χ0) is 10.1. The molecular formula is C10H14O3. The molecule has 3 nitrogen and oxygen atoms in total. The lowest BCUT2D eigenvalue weighted by Crippen LogP contribution is -1.91. The Bertz CT molecular complexity index is 216. The number of aliphatic carboxylic acids is 1. The van der Waals surface area contributed by atoms with Gasteiger partial charge in [0.15, 0.2) is 0 Å². The van der Waals surface area contributed by atoms with E-state index in [4.69, 9.17) is 5.11 Å². The van der Waals surface area contributed by atoms with E-state index < -0.39 is 5.97 Å². The second-order valence-corrected chi connectivity index (χ2v) is 2.69. The summed E-state index contributed by atoms with van der Waals surface area (Å²) in [6, 6.07) is 0. The number of hydrogen-bond donors (Lipinski definition) is 1.